The third-order valence-electron chi connectivity index (χ3n) is 4.13. The molecule has 1 aliphatic rings. The number of anilines is 1. The average molecular weight is 279 g/mol. The fraction of sp³-hybridized carbons (Fsp3) is 0.583. The molecular weight excluding hydrogens is 262 g/mol. The number of fused-ring (bicyclic) bond motifs is 1. The van der Waals surface area contributed by atoms with E-state index in [9.17, 15) is 10.2 Å². The zero-order valence-corrected chi connectivity index (χ0v) is 11.1. The number of imidazole rings is 1. The van der Waals surface area contributed by atoms with Gasteiger partial charge in [0.25, 0.3) is 0 Å². The molecule has 2 unspecified atom stereocenters. The Bertz CT molecular complexity index is 625. The fourth-order valence-electron chi connectivity index (χ4n) is 2.62. The lowest BCUT2D eigenvalue weighted by molar-refractivity contribution is -0.0348. The third kappa shape index (κ3) is 1.76. The maximum Gasteiger partial charge on any atom is 0.167 e. The van der Waals surface area contributed by atoms with E-state index in [0.717, 1.165) is 0 Å². The van der Waals surface area contributed by atoms with Gasteiger partial charge in [-0.05, 0) is 6.92 Å². The highest BCUT2D eigenvalue weighted by Gasteiger charge is 2.46. The highest BCUT2D eigenvalue weighted by atomic mass is 16.5. The zero-order valence-electron chi connectivity index (χ0n) is 11.1. The molecule has 3 rings (SSSR count). The Morgan fingerprint density at radius 3 is 2.80 bits per heavy atom. The van der Waals surface area contributed by atoms with E-state index in [1.807, 2.05) is 6.92 Å². The van der Waals surface area contributed by atoms with Crippen LogP contribution in [0.25, 0.3) is 11.2 Å². The molecule has 2 atom stereocenters. The van der Waals surface area contributed by atoms with Crippen molar-refractivity contribution in [3.63, 3.8) is 0 Å². The topological polar surface area (TPSA) is 119 Å². The molecule has 0 bridgehead atoms. The number of hydrogen-bond donors (Lipinski definition) is 3. The zero-order chi connectivity index (χ0) is 14.3. The van der Waals surface area contributed by atoms with Crippen LogP contribution in [0.2, 0.25) is 0 Å². The van der Waals surface area contributed by atoms with Gasteiger partial charge in [0.15, 0.2) is 11.5 Å². The van der Waals surface area contributed by atoms with Crippen molar-refractivity contribution < 1.29 is 14.9 Å². The first-order valence-electron chi connectivity index (χ1n) is 6.41. The minimum atomic E-state index is -0.653. The second-order valence-corrected chi connectivity index (χ2v) is 5.20. The molecule has 20 heavy (non-hydrogen) atoms. The van der Waals surface area contributed by atoms with Gasteiger partial charge in [-0.15, -0.1) is 0 Å². The number of aromatic nitrogens is 4. The first-order valence-corrected chi connectivity index (χ1v) is 6.41. The summed E-state index contributed by atoms with van der Waals surface area (Å²) in [5, 5.41) is 19.1. The Balaban J connectivity index is 1.99. The predicted octanol–water partition coefficient (Wildman–Crippen LogP) is -0.313. The van der Waals surface area contributed by atoms with Gasteiger partial charge in [0, 0.05) is 11.8 Å². The number of aliphatic hydroxyl groups is 2. The van der Waals surface area contributed by atoms with E-state index < -0.39 is 5.41 Å². The van der Waals surface area contributed by atoms with Gasteiger partial charge < -0.3 is 20.7 Å². The lowest BCUT2D eigenvalue weighted by Crippen LogP contribution is -2.36. The fourth-order valence-corrected chi connectivity index (χ4v) is 2.62. The minimum absolute atomic E-state index is 0.134. The molecule has 2 aromatic rings. The molecule has 0 aromatic carbocycles. The summed E-state index contributed by atoms with van der Waals surface area (Å²) in [6.45, 7) is 1.57. The summed E-state index contributed by atoms with van der Waals surface area (Å²) in [5.74, 6) is 0.315. The number of nitrogens with zero attached hydrogens (tertiary/aromatic N) is 4. The monoisotopic (exact) mass is 279 g/mol. The van der Waals surface area contributed by atoms with E-state index in [1.54, 1.807) is 10.9 Å². The van der Waals surface area contributed by atoms with Crippen molar-refractivity contribution in [2.75, 3.05) is 18.9 Å². The van der Waals surface area contributed by atoms with Gasteiger partial charge in [0.05, 0.1) is 25.6 Å². The second-order valence-electron chi connectivity index (χ2n) is 5.20. The van der Waals surface area contributed by atoms with E-state index in [1.165, 1.54) is 6.33 Å². The molecule has 0 aliphatic carbocycles. The maximum atomic E-state index is 9.55. The lowest BCUT2D eigenvalue weighted by Gasteiger charge is -2.26. The summed E-state index contributed by atoms with van der Waals surface area (Å²) < 4.78 is 7.61. The van der Waals surface area contributed by atoms with Crippen LogP contribution >= 0.6 is 0 Å². The first kappa shape index (κ1) is 13.2. The van der Waals surface area contributed by atoms with Crippen molar-refractivity contribution in [2.24, 2.45) is 5.41 Å². The normalized spacial score (nSPS) is 25.4. The molecule has 0 saturated carbocycles. The quantitative estimate of drug-likeness (QED) is 0.704. The SMILES string of the molecule is CC1OC(n2cnc3c(N)ncnc32)CC1(CO)CO. The molecule has 1 aliphatic heterocycles. The molecule has 4 N–H and O–H groups in total. The molecule has 1 fully saturated rings. The number of ether oxygens (including phenoxy) is 1. The molecule has 0 spiro atoms. The molecular formula is C12H17N5O3. The summed E-state index contributed by atoms with van der Waals surface area (Å²) in [4.78, 5) is 12.3. The standard InChI is InChI=1S/C12H17N5O3/c1-7-12(3-18,4-19)2-8(20-7)17-6-16-9-10(13)14-5-15-11(9)17/h5-8,18-19H,2-4H2,1H3,(H2,13,14,15). The predicted molar refractivity (Wildman–Crippen MR) is 70.5 cm³/mol. The maximum absolute atomic E-state index is 9.55. The molecule has 8 nitrogen and oxygen atoms in total. The smallest absolute Gasteiger partial charge is 0.167 e. The molecule has 8 heteroatoms. The lowest BCUT2D eigenvalue weighted by atomic mass is 9.83. The Labute approximate surface area is 115 Å². The number of nitrogen functional groups attached to an aromatic ring is 1. The molecule has 2 aromatic heterocycles. The van der Waals surface area contributed by atoms with Gasteiger partial charge in [-0.25, -0.2) is 15.0 Å². The summed E-state index contributed by atoms with van der Waals surface area (Å²) in [7, 11) is 0. The van der Waals surface area contributed by atoms with E-state index in [-0.39, 0.29) is 25.5 Å². The van der Waals surface area contributed by atoms with Gasteiger partial charge in [-0.2, -0.15) is 0 Å². The van der Waals surface area contributed by atoms with Crippen LogP contribution in [-0.4, -0.2) is 49.0 Å². The van der Waals surface area contributed by atoms with Gasteiger partial charge in [0.2, 0.25) is 0 Å². The average Bonchev–Trinajstić information content (AvgIpc) is 3.01. The van der Waals surface area contributed by atoms with Crippen LogP contribution in [0.1, 0.15) is 19.6 Å². The molecule has 1 saturated heterocycles. The number of rotatable bonds is 3. The summed E-state index contributed by atoms with van der Waals surface area (Å²) >= 11 is 0. The van der Waals surface area contributed by atoms with Crippen LogP contribution in [0.3, 0.4) is 0 Å². The van der Waals surface area contributed by atoms with Crippen molar-refractivity contribution in [1.82, 2.24) is 19.5 Å². The Kier molecular flexibility index (Phi) is 3.08. The van der Waals surface area contributed by atoms with E-state index in [2.05, 4.69) is 15.0 Å². The minimum Gasteiger partial charge on any atom is -0.396 e. The van der Waals surface area contributed by atoms with Crippen LogP contribution in [0.5, 0.6) is 0 Å². The Hall–Kier alpha value is -1.77. The van der Waals surface area contributed by atoms with Crippen LogP contribution in [0.15, 0.2) is 12.7 Å². The van der Waals surface area contributed by atoms with Crippen molar-refractivity contribution in [2.45, 2.75) is 25.7 Å². The largest absolute Gasteiger partial charge is 0.396 e. The van der Waals surface area contributed by atoms with Crippen LogP contribution in [-0.2, 0) is 4.74 Å². The summed E-state index contributed by atoms with van der Waals surface area (Å²) in [6.07, 6.45) is 2.84. The second kappa shape index (κ2) is 4.65. The van der Waals surface area contributed by atoms with E-state index in [4.69, 9.17) is 10.5 Å². The Morgan fingerprint density at radius 1 is 1.40 bits per heavy atom. The summed E-state index contributed by atoms with van der Waals surface area (Å²) in [6, 6.07) is 0. The summed E-state index contributed by atoms with van der Waals surface area (Å²) in [5.41, 5.74) is 6.21. The molecule has 3 heterocycles. The third-order valence-corrected chi connectivity index (χ3v) is 4.13. The van der Waals surface area contributed by atoms with Crippen molar-refractivity contribution in [1.29, 1.82) is 0 Å². The van der Waals surface area contributed by atoms with Crippen molar-refractivity contribution >= 4 is 17.0 Å². The number of aliphatic hydroxyl groups excluding tert-OH is 2. The van der Waals surface area contributed by atoms with Crippen LogP contribution < -0.4 is 5.73 Å². The van der Waals surface area contributed by atoms with Crippen molar-refractivity contribution in [3.05, 3.63) is 12.7 Å². The highest BCUT2D eigenvalue weighted by Crippen LogP contribution is 2.43. The number of hydrogen-bond acceptors (Lipinski definition) is 7. The number of nitrogens with two attached hydrogens (primary N) is 1. The van der Waals surface area contributed by atoms with E-state index >= 15 is 0 Å². The van der Waals surface area contributed by atoms with Crippen LogP contribution in [0, 0.1) is 5.41 Å². The molecule has 0 radical (unpaired) electrons. The van der Waals surface area contributed by atoms with Gasteiger partial charge >= 0.3 is 0 Å². The molecule has 0 amide bonds. The highest BCUT2D eigenvalue weighted by molar-refractivity contribution is 5.81. The van der Waals surface area contributed by atoms with E-state index in [0.29, 0.717) is 23.4 Å². The van der Waals surface area contributed by atoms with Crippen molar-refractivity contribution in [3.8, 4) is 0 Å². The van der Waals surface area contributed by atoms with Gasteiger partial charge in [0.1, 0.15) is 18.1 Å². The van der Waals surface area contributed by atoms with Gasteiger partial charge in [-0.1, -0.05) is 0 Å². The van der Waals surface area contributed by atoms with Gasteiger partial charge in [-0.3, -0.25) is 4.57 Å². The molecule has 108 valence electrons. The first-order chi connectivity index (χ1) is 9.61. The Morgan fingerprint density at radius 2 is 2.15 bits per heavy atom. The van der Waals surface area contributed by atoms with Crippen LogP contribution in [0.4, 0.5) is 5.82 Å².